The van der Waals surface area contributed by atoms with Gasteiger partial charge in [-0.3, -0.25) is 4.79 Å². The summed E-state index contributed by atoms with van der Waals surface area (Å²) >= 11 is 1.34. The van der Waals surface area contributed by atoms with Crippen LogP contribution in [-0.2, 0) is 16.1 Å². The van der Waals surface area contributed by atoms with Crippen molar-refractivity contribution < 1.29 is 19.0 Å². The standard InChI is InChI=1S/C23H28N4O4S/c1-14-19-22(30-4)25-18(13-29-3)26-23(19)32-20(14)21(28)24-15(2)16-5-7-17(8-6-16)27-9-11-31-12-10-27/h5-8,15H,9-13H2,1-4H3,(H,24,28). The number of morpholine rings is 1. The lowest BCUT2D eigenvalue weighted by Crippen LogP contribution is -2.36. The number of rotatable bonds is 7. The number of nitrogens with one attached hydrogen (secondary N) is 1. The van der Waals surface area contributed by atoms with E-state index in [1.54, 1.807) is 14.2 Å². The van der Waals surface area contributed by atoms with Crippen molar-refractivity contribution in [2.45, 2.75) is 26.5 Å². The van der Waals surface area contributed by atoms with Crippen LogP contribution in [0.4, 0.5) is 5.69 Å². The van der Waals surface area contributed by atoms with Gasteiger partial charge >= 0.3 is 0 Å². The normalized spacial score (nSPS) is 15.1. The number of hydrogen-bond donors (Lipinski definition) is 1. The third-order valence-electron chi connectivity index (χ3n) is 5.59. The Morgan fingerprint density at radius 1 is 1.22 bits per heavy atom. The first-order chi connectivity index (χ1) is 15.5. The van der Waals surface area contributed by atoms with Gasteiger partial charge in [-0.1, -0.05) is 12.1 Å². The zero-order valence-corrected chi connectivity index (χ0v) is 19.6. The first-order valence-electron chi connectivity index (χ1n) is 10.6. The summed E-state index contributed by atoms with van der Waals surface area (Å²) in [5.41, 5.74) is 3.04. The molecule has 4 rings (SSSR count). The van der Waals surface area contributed by atoms with Gasteiger partial charge in [0, 0.05) is 25.9 Å². The predicted molar refractivity (Wildman–Crippen MR) is 125 cm³/mol. The van der Waals surface area contributed by atoms with Crippen molar-refractivity contribution in [2.75, 3.05) is 45.4 Å². The van der Waals surface area contributed by atoms with Crippen LogP contribution in [0.5, 0.6) is 5.88 Å². The Hall–Kier alpha value is -2.75. The van der Waals surface area contributed by atoms with E-state index in [0.29, 0.717) is 21.4 Å². The molecule has 1 aliphatic heterocycles. The number of carbonyl (C=O) groups excluding carboxylic acids is 1. The smallest absolute Gasteiger partial charge is 0.262 e. The summed E-state index contributed by atoms with van der Waals surface area (Å²) in [6, 6.07) is 8.21. The van der Waals surface area contributed by atoms with Crippen LogP contribution >= 0.6 is 11.3 Å². The summed E-state index contributed by atoms with van der Waals surface area (Å²) in [5, 5.41) is 3.88. The molecule has 1 atom stereocenters. The number of benzene rings is 1. The Labute approximate surface area is 191 Å². The second-order valence-corrected chi connectivity index (χ2v) is 8.70. The molecule has 1 saturated heterocycles. The number of amides is 1. The first-order valence-corrected chi connectivity index (χ1v) is 11.4. The molecular weight excluding hydrogens is 428 g/mol. The fourth-order valence-electron chi connectivity index (χ4n) is 3.84. The van der Waals surface area contributed by atoms with Crippen LogP contribution in [0.25, 0.3) is 10.2 Å². The van der Waals surface area contributed by atoms with Crippen molar-refractivity contribution >= 4 is 33.1 Å². The van der Waals surface area contributed by atoms with Crippen LogP contribution in [-0.4, -0.2) is 56.4 Å². The van der Waals surface area contributed by atoms with Crippen LogP contribution in [0.1, 0.15) is 39.6 Å². The van der Waals surface area contributed by atoms with Gasteiger partial charge in [-0.15, -0.1) is 11.3 Å². The van der Waals surface area contributed by atoms with Gasteiger partial charge < -0.3 is 24.4 Å². The molecule has 0 bridgehead atoms. The molecular formula is C23H28N4O4S. The molecule has 3 aromatic rings. The van der Waals surface area contributed by atoms with E-state index in [4.69, 9.17) is 14.2 Å². The molecule has 0 saturated carbocycles. The zero-order valence-electron chi connectivity index (χ0n) is 18.8. The van der Waals surface area contributed by atoms with Crippen LogP contribution in [0.3, 0.4) is 0 Å². The number of carbonyl (C=O) groups is 1. The second-order valence-electron chi connectivity index (χ2n) is 7.70. The van der Waals surface area contributed by atoms with E-state index >= 15 is 0 Å². The van der Waals surface area contributed by atoms with E-state index in [-0.39, 0.29) is 18.6 Å². The highest BCUT2D eigenvalue weighted by atomic mass is 32.1. The third kappa shape index (κ3) is 4.55. The van der Waals surface area contributed by atoms with Crippen molar-refractivity contribution in [3.63, 3.8) is 0 Å². The predicted octanol–water partition coefficient (Wildman–Crippen LogP) is 3.48. The van der Waals surface area contributed by atoms with E-state index in [0.717, 1.165) is 42.8 Å². The quantitative estimate of drug-likeness (QED) is 0.582. The topological polar surface area (TPSA) is 85.8 Å². The molecule has 1 amide bonds. The molecule has 1 aliphatic rings. The van der Waals surface area contributed by atoms with Crippen molar-refractivity contribution in [3.8, 4) is 5.88 Å². The van der Waals surface area contributed by atoms with Gasteiger partial charge in [-0.25, -0.2) is 4.98 Å². The van der Waals surface area contributed by atoms with E-state index in [2.05, 4.69) is 44.5 Å². The Kier molecular flexibility index (Phi) is 6.88. The van der Waals surface area contributed by atoms with Crippen LogP contribution in [0.15, 0.2) is 24.3 Å². The summed E-state index contributed by atoms with van der Waals surface area (Å²) in [6.45, 7) is 7.47. The van der Waals surface area contributed by atoms with Crippen molar-refractivity contribution in [2.24, 2.45) is 0 Å². The molecule has 9 heteroatoms. The maximum atomic E-state index is 13.1. The van der Waals surface area contributed by atoms with Gasteiger partial charge in [0.25, 0.3) is 5.91 Å². The molecule has 170 valence electrons. The average molecular weight is 457 g/mol. The van der Waals surface area contributed by atoms with Gasteiger partial charge in [-0.2, -0.15) is 4.98 Å². The lowest BCUT2D eigenvalue weighted by molar-refractivity contribution is 0.0943. The maximum absolute atomic E-state index is 13.1. The molecule has 2 aromatic heterocycles. The minimum absolute atomic E-state index is 0.134. The Bertz CT molecular complexity index is 1090. The summed E-state index contributed by atoms with van der Waals surface area (Å²) in [6.07, 6.45) is 0. The fourth-order valence-corrected chi connectivity index (χ4v) is 4.94. The summed E-state index contributed by atoms with van der Waals surface area (Å²) in [7, 11) is 3.16. The first kappa shape index (κ1) is 22.4. The summed E-state index contributed by atoms with van der Waals surface area (Å²) in [5.74, 6) is 0.853. The molecule has 1 N–H and O–H groups in total. The third-order valence-corrected chi connectivity index (χ3v) is 6.78. The maximum Gasteiger partial charge on any atom is 0.262 e. The SMILES string of the molecule is COCc1nc(OC)c2c(C)c(C(=O)NC(C)c3ccc(N4CCOCC4)cc3)sc2n1. The number of nitrogens with zero attached hydrogens (tertiary/aromatic N) is 3. The zero-order chi connectivity index (χ0) is 22.7. The highest BCUT2D eigenvalue weighted by molar-refractivity contribution is 7.20. The van der Waals surface area contributed by atoms with Gasteiger partial charge in [0.05, 0.1) is 36.6 Å². The average Bonchev–Trinajstić information content (AvgIpc) is 3.16. The number of methoxy groups -OCH3 is 2. The second kappa shape index (κ2) is 9.81. The van der Waals surface area contributed by atoms with Gasteiger partial charge in [-0.05, 0) is 37.1 Å². The van der Waals surface area contributed by atoms with Gasteiger partial charge in [0.15, 0.2) is 5.82 Å². The van der Waals surface area contributed by atoms with E-state index in [9.17, 15) is 4.79 Å². The lowest BCUT2D eigenvalue weighted by Gasteiger charge is -2.29. The molecule has 32 heavy (non-hydrogen) atoms. The number of ether oxygens (including phenoxy) is 3. The van der Waals surface area contributed by atoms with Gasteiger partial charge in [0.2, 0.25) is 5.88 Å². The Morgan fingerprint density at radius 3 is 2.59 bits per heavy atom. The minimum Gasteiger partial charge on any atom is -0.480 e. The molecule has 0 aliphatic carbocycles. The summed E-state index contributed by atoms with van der Waals surface area (Å²) in [4.78, 5) is 25.7. The molecule has 8 nitrogen and oxygen atoms in total. The Morgan fingerprint density at radius 2 is 1.94 bits per heavy atom. The largest absolute Gasteiger partial charge is 0.480 e. The number of anilines is 1. The monoisotopic (exact) mass is 456 g/mol. The van der Waals surface area contributed by atoms with Crippen LogP contribution in [0.2, 0.25) is 0 Å². The number of thiophene rings is 1. The lowest BCUT2D eigenvalue weighted by atomic mass is 10.1. The molecule has 3 heterocycles. The van der Waals surface area contributed by atoms with Crippen LogP contribution in [0, 0.1) is 6.92 Å². The van der Waals surface area contributed by atoms with Crippen LogP contribution < -0.4 is 15.0 Å². The fraction of sp³-hybridized carbons (Fsp3) is 0.435. The molecule has 1 unspecified atom stereocenters. The number of aryl methyl sites for hydroxylation is 1. The Balaban J connectivity index is 1.52. The number of hydrogen-bond acceptors (Lipinski definition) is 8. The molecule has 1 aromatic carbocycles. The molecule has 0 radical (unpaired) electrons. The summed E-state index contributed by atoms with van der Waals surface area (Å²) < 4.78 is 16.0. The highest BCUT2D eigenvalue weighted by Gasteiger charge is 2.22. The van der Waals surface area contributed by atoms with E-state index < -0.39 is 0 Å². The van der Waals surface area contributed by atoms with E-state index in [1.165, 1.54) is 17.0 Å². The molecule has 1 fully saturated rings. The minimum atomic E-state index is -0.136. The van der Waals surface area contributed by atoms with E-state index in [1.807, 2.05) is 13.8 Å². The van der Waals surface area contributed by atoms with Crippen molar-refractivity contribution in [1.82, 2.24) is 15.3 Å². The highest BCUT2D eigenvalue weighted by Crippen LogP contribution is 2.35. The number of aromatic nitrogens is 2. The molecule has 0 spiro atoms. The number of fused-ring (bicyclic) bond motifs is 1. The van der Waals surface area contributed by atoms with Gasteiger partial charge in [0.1, 0.15) is 11.4 Å². The van der Waals surface area contributed by atoms with Crippen molar-refractivity contribution in [3.05, 3.63) is 46.1 Å². The van der Waals surface area contributed by atoms with Crippen molar-refractivity contribution in [1.29, 1.82) is 0 Å².